The molecule has 18 heavy (non-hydrogen) atoms. The largest absolute Gasteiger partial charge is 0.425 e. The van der Waals surface area contributed by atoms with Crippen LogP contribution in [0.3, 0.4) is 0 Å². The highest BCUT2D eigenvalue weighted by atomic mass is 32.2. The number of rotatable bonds is 5. The number of benzene rings is 1. The first kappa shape index (κ1) is 14.7. The summed E-state index contributed by atoms with van der Waals surface area (Å²) in [5, 5.41) is 0. The minimum Gasteiger partial charge on any atom is -0.425 e. The summed E-state index contributed by atoms with van der Waals surface area (Å²) in [4.78, 5) is 11.0. The first-order valence-corrected chi connectivity index (χ1v) is 7.15. The summed E-state index contributed by atoms with van der Waals surface area (Å²) >= 11 is 0. The van der Waals surface area contributed by atoms with Gasteiger partial charge in [-0.05, 0) is 12.1 Å². The van der Waals surface area contributed by atoms with Gasteiger partial charge >= 0.3 is 5.97 Å². The Morgan fingerprint density at radius 1 is 1.22 bits per heavy atom. The molecular formula is C12H17NO4S. The first-order valence-electron chi connectivity index (χ1n) is 5.71. The maximum Gasteiger partial charge on any atom is 0.308 e. The van der Waals surface area contributed by atoms with E-state index >= 15 is 0 Å². The van der Waals surface area contributed by atoms with Crippen molar-refractivity contribution in [2.24, 2.45) is 0 Å². The average molecular weight is 271 g/mol. The highest BCUT2D eigenvalue weighted by Crippen LogP contribution is 2.26. The second-order valence-corrected chi connectivity index (χ2v) is 5.54. The molecule has 0 saturated heterocycles. The van der Waals surface area contributed by atoms with E-state index in [0.717, 1.165) is 0 Å². The normalized spacial score (nSPS) is 11.6. The van der Waals surface area contributed by atoms with Gasteiger partial charge < -0.3 is 4.74 Å². The summed E-state index contributed by atoms with van der Waals surface area (Å²) in [6, 6.07) is 6.13. The maximum absolute atomic E-state index is 12.3. The van der Waals surface area contributed by atoms with E-state index in [1.165, 1.54) is 23.4 Å². The molecule has 0 N–H and O–H groups in total. The summed E-state index contributed by atoms with van der Waals surface area (Å²) in [5.74, 6) is -0.478. The van der Waals surface area contributed by atoms with Crippen molar-refractivity contribution in [2.45, 2.75) is 25.7 Å². The third-order valence-corrected chi connectivity index (χ3v) is 4.52. The van der Waals surface area contributed by atoms with Gasteiger partial charge in [-0.1, -0.05) is 26.0 Å². The van der Waals surface area contributed by atoms with Crippen LogP contribution in [0.1, 0.15) is 20.8 Å². The number of carbonyl (C=O) groups is 1. The van der Waals surface area contributed by atoms with E-state index in [9.17, 15) is 13.2 Å². The van der Waals surface area contributed by atoms with Gasteiger partial charge in [0.1, 0.15) is 4.90 Å². The summed E-state index contributed by atoms with van der Waals surface area (Å²) in [7, 11) is -3.62. The van der Waals surface area contributed by atoms with E-state index in [0.29, 0.717) is 13.1 Å². The fourth-order valence-electron chi connectivity index (χ4n) is 1.61. The Kier molecular flexibility index (Phi) is 4.86. The molecule has 0 aromatic heterocycles. The van der Waals surface area contributed by atoms with E-state index in [2.05, 4.69) is 0 Å². The van der Waals surface area contributed by atoms with Crippen molar-refractivity contribution in [3.63, 3.8) is 0 Å². The molecule has 6 heteroatoms. The minimum atomic E-state index is -3.62. The van der Waals surface area contributed by atoms with Crippen LogP contribution in [0.15, 0.2) is 29.2 Å². The monoisotopic (exact) mass is 271 g/mol. The molecule has 0 unspecified atom stereocenters. The van der Waals surface area contributed by atoms with Gasteiger partial charge in [0.25, 0.3) is 0 Å². The lowest BCUT2D eigenvalue weighted by molar-refractivity contribution is -0.132. The molecule has 1 aromatic rings. The molecule has 0 bridgehead atoms. The second kappa shape index (κ2) is 5.97. The molecule has 0 aliphatic carbocycles. The van der Waals surface area contributed by atoms with Crippen molar-refractivity contribution >= 4 is 16.0 Å². The number of carbonyl (C=O) groups excluding carboxylic acids is 1. The summed E-state index contributed by atoms with van der Waals surface area (Å²) in [6.07, 6.45) is 0. The summed E-state index contributed by atoms with van der Waals surface area (Å²) < 4.78 is 30.9. The molecule has 1 aromatic carbocycles. The van der Waals surface area contributed by atoms with Crippen LogP contribution in [0, 0.1) is 0 Å². The Morgan fingerprint density at radius 2 is 1.78 bits per heavy atom. The number of sulfonamides is 1. The Morgan fingerprint density at radius 3 is 2.28 bits per heavy atom. The third-order valence-electron chi connectivity index (χ3n) is 2.43. The van der Waals surface area contributed by atoms with Crippen LogP contribution in [-0.4, -0.2) is 31.8 Å². The summed E-state index contributed by atoms with van der Waals surface area (Å²) in [5.41, 5.74) is 0. The predicted molar refractivity (Wildman–Crippen MR) is 67.9 cm³/mol. The van der Waals surface area contributed by atoms with Crippen LogP contribution in [0.5, 0.6) is 5.75 Å². The van der Waals surface area contributed by atoms with E-state index in [-0.39, 0.29) is 10.6 Å². The quantitative estimate of drug-likeness (QED) is 0.603. The fraction of sp³-hybridized carbons (Fsp3) is 0.417. The third kappa shape index (κ3) is 3.08. The lowest BCUT2D eigenvalue weighted by Gasteiger charge is -2.19. The zero-order valence-corrected chi connectivity index (χ0v) is 11.5. The molecule has 1 rings (SSSR count). The van der Waals surface area contributed by atoms with Gasteiger partial charge in [0.15, 0.2) is 5.75 Å². The second-order valence-electron chi connectivity index (χ2n) is 3.63. The van der Waals surface area contributed by atoms with Crippen LogP contribution in [0.2, 0.25) is 0 Å². The molecule has 0 fully saturated rings. The standard InChI is InChI=1S/C12H17NO4S/c1-4-13(5-2)18(15,16)12-9-7-6-8-11(12)17-10(3)14/h6-9H,4-5H2,1-3H3. The van der Waals surface area contributed by atoms with Crippen LogP contribution in [-0.2, 0) is 14.8 Å². The number of ether oxygens (including phenoxy) is 1. The Bertz CT molecular complexity index is 521. The van der Waals surface area contributed by atoms with Gasteiger partial charge in [-0.3, -0.25) is 4.79 Å². The zero-order chi connectivity index (χ0) is 13.8. The molecule has 0 heterocycles. The maximum atomic E-state index is 12.3. The minimum absolute atomic E-state index is 0.0175. The van der Waals surface area contributed by atoms with Gasteiger partial charge in [-0.2, -0.15) is 4.31 Å². The van der Waals surface area contributed by atoms with Crippen LogP contribution in [0.4, 0.5) is 0 Å². The highest BCUT2D eigenvalue weighted by molar-refractivity contribution is 7.89. The average Bonchev–Trinajstić information content (AvgIpc) is 2.30. The van der Waals surface area contributed by atoms with Gasteiger partial charge in [-0.25, -0.2) is 8.42 Å². The molecule has 0 spiro atoms. The van der Waals surface area contributed by atoms with Crippen molar-refractivity contribution in [3.05, 3.63) is 24.3 Å². The highest BCUT2D eigenvalue weighted by Gasteiger charge is 2.25. The molecule has 0 aliphatic heterocycles. The topological polar surface area (TPSA) is 63.7 Å². The molecule has 100 valence electrons. The molecule has 0 atom stereocenters. The number of hydrogen-bond donors (Lipinski definition) is 0. The SMILES string of the molecule is CCN(CC)S(=O)(=O)c1ccccc1OC(C)=O. The Labute approximate surface area is 107 Å². The van der Waals surface area contributed by atoms with Gasteiger partial charge in [0.05, 0.1) is 0 Å². The van der Waals surface area contributed by atoms with E-state index in [1.54, 1.807) is 26.0 Å². The molecule has 0 saturated carbocycles. The fourth-order valence-corrected chi connectivity index (χ4v) is 3.18. The molecular weight excluding hydrogens is 254 g/mol. The lowest BCUT2D eigenvalue weighted by Crippen LogP contribution is -2.31. The summed E-state index contributed by atoms with van der Waals surface area (Å²) in [6.45, 7) is 5.49. The van der Waals surface area contributed by atoms with E-state index in [4.69, 9.17) is 4.74 Å². The van der Waals surface area contributed by atoms with E-state index in [1.807, 2.05) is 0 Å². The number of nitrogens with zero attached hydrogens (tertiary/aromatic N) is 1. The zero-order valence-electron chi connectivity index (χ0n) is 10.7. The molecule has 0 aliphatic rings. The molecule has 5 nitrogen and oxygen atoms in total. The van der Waals surface area contributed by atoms with Gasteiger partial charge in [-0.15, -0.1) is 0 Å². The van der Waals surface area contributed by atoms with Crippen molar-refractivity contribution in [3.8, 4) is 5.75 Å². The predicted octanol–water partition coefficient (Wildman–Crippen LogP) is 1.64. The van der Waals surface area contributed by atoms with Crippen molar-refractivity contribution in [2.75, 3.05) is 13.1 Å². The van der Waals surface area contributed by atoms with Crippen molar-refractivity contribution < 1.29 is 17.9 Å². The van der Waals surface area contributed by atoms with Crippen LogP contribution >= 0.6 is 0 Å². The smallest absolute Gasteiger partial charge is 0.308 e. The first-order chi connectivity index (χ1) is 8.43. The Hall–Kier alpha value is -1.40. The van der Waals surface area contributed by atoms with Gasteiger partial charge in [0, 0.05) is 20.0 Å². The molecule has 0 radical (unpaired) electrons. The number of hydrogen-bond acceptors (Lipinski definition) is 4. The van der Waals surface area contributed by atoms with Crippen molar-refractivity contribution in [1.82, 2.24) is 4.31 Å². The number of esters is 1. The van der Waals surface area contributed by atoms with Crippen molar-refractivity contribution in [1.29, 1.82) is 0 Å². The molecule has 0 amide bonds. The number of para-hydroxylation sites is 1. The van der Waals surface area contributed by atoms with Gasteiger partial charge in [0.2, 0.25) is 10.0 Å². The van der Waals surface area contributed by atoms with Crippen LogP contribution in [0.25, 0.3) is 0 Å². The van der Waals surface area contributed by atoms with E-state index < -0.39 is 16.0 Å². The lowest BCUT2D eigenvalue weighted by atomic mass is 10.3. The Balaban J connectivity index is 3.27. The van der Waals surface area contributed by atoms with Crippen LogP contribution < -0.4 is 4.74 Å².